The molecule has 0 atom stereocenters. The highest BCUT2D eigenvalue weighted by molar-refractivity contribution is 5.68. The third-order valence-corrected chi connectivity index (χ3v) is 3.02. The Bertz CT molecular complexity index is 578. The van der Waals surface area contributed by atoms with E-state index in [1.54, 1.807) is 0 Å². The summed E-state index contributed by atoms with van der Waals surface area (Å²) in [6, 6.07) is 4.06. The van der Waals surface area contributed by atoms with Crippen LogP contribution in [0.5, 0.6) is 0 Å². The van der Waals surface area contributed by atoms with Crippen LogP contribution < -0.4 is 5.32 Å². The van der Waals surface area contributed by atoms with Crippen LogP contribution in [0.1, 0.15) is 30.9 Å². The standard InChI is InChI=1S/C15H20N4/c1-5-13-18-14(11(4)15(19-13)16-6-2)12-7-8-17-10(3)9-12/h7-9H,5-6H2,1-4H3,(H,16,18,19). The lowest BCUT2D eigenvalue weighted by Crippen LogP contribution is -2.07. The van der Waals surface area contributed by atoms with Gasteiger partial charge >= 0.3 is 0 Å². The van der Waals surface area contributed by atoms with E-state index in [-0.39, 0.29) is 0 Å². The van der Waals surface area contributed by atoms with Gasteiger partial charge in [0, 0.05) is 36.0 Å². The van der Waals surface area contributed by atoms with Crippen LogP contribution in [0.3, 0.4) is 0 Å². The number of pyridine rings is 1. The highest BCUT2D eigenvalue weighted by atomic mass is 15.0. The SMILES string of the molecule is CCNc1nc(CC)nc(-c2ccnc(C)c2)c1C. The number of aryl methyl sites for hydroxylation is 2. The van der Waals surface area contributed by atoms with Crippen LogP contribution in [0.2, 0.25) is 0 Å². The summed E-state index contributed by atoms with van der Waals surface area (Å²) < 4.78 is 0. The summed E-state index contributed by atoms with van der Waals surface area (Å²) in [5.74, 6) is 1.80. The van der Waals surface area contributed by atoms with Gasteiger partial charge in [-0.3, -0.25) is 4.98 Å². The molecule has 100 valence electrons. The summed E-state index contributed by atoms with van der Waals surface area (Å²) in [6.45, 7) is 9.05. The Hall–Kier alpha value is -1.97. The van der Waals surface area contributed by atoms with Crippen molar-refractivity contribution in [3.8, 4) is 11.3 Å². The van der Waals surface area contributed by atoms with E-state index in [9.17, 15) is 0 Å². The molecule has 0 aliphatic carbocycles. The Balaban J connectivity index is 2.58. The zero-order valence-corrected chi connectivity index (χ0v) is 12.0. The van der Waals surface area contributed by atoms with Crippen LogP contribution in [0, 0.1) is 13.8 Å². The van der Waals surface area contributed by atoms with E-state index in [1.165, 1.54) is 0 Å². The van der Waals surface area contributed by atoms with Crippen molar-refractivity contribution >= 4 is 5.82 Å². The fraction of sp³-hybridized carbons (Fsp3) is 0.400. The minimum Gasteiger partial charge on any atom is -0.370 e. The molecule has 0 radical (unpaired) electrons. The molecule has 0 aliphatic heterocycles. The first-order valence-corrected chi connectivity index (χ1v) is 6.70. The summed E-state index contributed by atoms with van der Waals surface area (Å²) in [5.41, 5.74) is 4.18. The van der Waals surface area contributed by atoms with Gasteiger partial charge in [-0.2, -0.15) is 0 Å². The van der Waals surface area contributed by atoms with E-state index in [0.29, 0.717) is 0 Å². The molecule has 0 aliphatic rings. The third-order valence-electron chi connectivity index (χ3n) is 3.02. The lowest BCUT2D eigenvalue weighted by atomic mass is 10.1. The average Bonchev–Trinajstić information content (AvgIpc) is 2.41. The summed E-state index contributed by atoms with van der Waals surface area (Å²) in [5, 5.41) is 3.31. The monoisotopic (exact) mass is 256 g/mol. The first-order chi connectivity index (χ1) is 9.15. The molecule has 4 heteroatoms. The van der Waals surface area contributed by atoms with Crippen LogP contribution >= 0.6 is 0 Å². The molecule has 0 saturated carbocycles. The Labute approximate surface area is 114 Å². The van der Waals surface area contributed by atoms with Gasteiger partial charge in [-0.05, 0) is 32.9 Å². The number of nitrogens with one attached hydrogen (secondary N) is 1. The predicted octanol–water partition coefficient (Wildman–Crippen LogP) is 3.15. The van der Waals surface area contributed by atoms with Crippen molar-refractivity contribution in [1.82, 2.24) is 15.0 Å². The van der Waals surface area contributed by atoms with E-state index in [1.807, 2.05) is 19.2 Å². The topological polar surface area (TPSA) is 50.7 Å². The highest BCUT2D eigenvalue weighted by Crippen LogP contribution is 2.26. The molecular formula is C15H20N4. The second-order valence-electron chi connectivity index (χ2n) is 4.53. The fourth-order valence-electron chi connectivity index (χ4n) is 2.03. The van der Waals surface area contributed by atoms with Gasteiger partial charge in [0.05, 0.1) is 5.69 Å². The Morgan fingerprint density at radius 3 is 2.58 bits per heavy atom. The van der Waals surface area contributed by atoms with Crippen LogP contribution in [0.4, 0.5) is 5.82 Å². The van der Waals surface area contributed by atoms with Gasteiger partial charge in [0.15, 0.2) is 0 Å². The lowest BCUT2D eigenvalue weighted by molar-refractivity contribution is 0.929. The van der Waals surface area contributed by atoms with Crippen molar-refractivity contribution in [2.45, 2.75) is 34.1 Å². The molecule has 19 heavy (non-hydrogen) atoms. The minimum atomic E-state index is 0.829. The number of hydrogen-bond acceptors (Lipinski definition) is 4. The maximum absolute atomic E-state index is 4.67. The fourth-order valence-corrected chi connectivity index (χ4v) is 2.03. The number of rotatable bonds is 4. The van der Waals surface area contributed by atoms with Gasteiger partial charge in [0.2, 0.25) is 0 Å². The van der Waals surface area contributed by atoms with E-state index in [0.717, 1.165) is 47.1 Å². The quantitative estimate of drug-likeness (QED) is 0.913. The van der Waals surface area contributed by atoms with Crippen molar-refractivity contribution in [3.05, 3.63) is 35.4 Å². The van der Waals surface area contributed by atoms with Crippen LogP contribution in [-0.2, 0) is 6.42 Å². The smallest absolute Gasteiger partial charge is 0.133 e. The van der Waals surface area contributed by atoms with Gasteiger partial charge in [-0.1, -0.05) is 6.92 Å². The first-order valence-electron chi connectivity index (χ1n) is 6.70. The predicted molar refractivity (Wildman–Crippen MR) is 78.3 cm³/mol. The maximum atomic E-state index is 4.67. The largest absolute Gasteiger partial charge is 0.370 e. The Morgan fingerprint density at radius 1 is 1.16 bits per heavy atom. The van der Waals surface area contributed by atoms with Crippen molar-refractivity contribution in [2.24, 2.45) is 0 Å². The van der Waals surface area contributed by atoms with Gasteiger partial charge in [0.25, 0.3) is 0 Å². The van der Waals surface area contributed by atoms with Crippen LogP contribution in [0.15, 0.2) is 18.3 Å². The molecule has 2 aromatic rings. The van der Waals surface area contributed by atoms with Crippen molar-refractivity contribution in [1.29, 1.82) is 0 Å². The van der Waals surface area contributed by atoms with Crippen molar-refractivity contribution < 1.29 is 0 Å². The molecule has 0 fully saturated rings. The van der Waals surface area contributed by atoms with Crippen molar-refractivity contribution in [2.75, 3.05) is 11.9 Å². The molecule has 1 N–H and O–H groups in total. The van der Waals surface area contributed by atoms with Gasteiger partial charge in [0.1, 0.15) is 11.6 Å². The summed E-state index contributed by atoms with van der Waals surface area (Å²) in [6.07, 6.45) is 2.65. The minimum absolute atomic E-state index is 0.829. The summed E-state index contributed by atoms with van der Waals surface area (Å²) in [7, 11) is 0. The normalized spacial score (nSPS) is 10.5. The number of aromatic nitrogens is 3. The molecule has 4 nitrogen and oxygen atoms in total. The van der Waals surface area contributed by atoms with Crippen LogP contribution in [0.25, 0.3) is 11.3 Å². The number of hydrogen-bond donors (Lipinski definition) is 1. The van der Waals surface area contributed by atoms with E-state index in [4.69, 9.17) is 0 Å². The number of anilines is 1. The highest BCUT2D eigenvalue weighted by Gasteiger charge is 2.11. The molecule has 0 saturated heterocycles. The lowest BCUT2D eigenvalue weighted by Gasteiger charge is -2.13. The van der Waals surface area contributed by atoms with Gasteiger partial charge in [-0.15, -0.1) is 0 Å². The summed E-state index contributed by atoms with van der Waals surface area (Å²) in [4.78, 5) is 13.5. The Kier molecular flexibility index (Phi) is 4.10. The van der Waals surface area contributed by atoms with Crippen LogP contribution in [-0.4, -0.2) is 21.5 Å². The maximum Gasteiger partial charge on any atom is 0.133 e. The third kappa shape index (κ3) is 2.89. The second-order valence-corrected chi connectivity index (χ2v) is 4.53. The van der Waals surface area contributed by atoms with E-state index in [2.05, 4.69) is 47.1 Å². The molecule has 0 spiro atoms. The zero-order chi connectivity index (χ0) is 13.8. The van der Waals surface area contributed by atoms with E-state index < -0.39 is 0 Å². The molecule has 0 unspecified atom stereocenters. The molecule has 2 heterocycles. The molecule has 0 aromatic carbocycles. The van der Waals surface area contributed by atoms with Gasteiger partial charge < -0.3 is 5.32 Å². The van der Waals surface area contributed by atoms with E-state index >= 15 is 0 Å². The first kappa shape index (κ1) is 13.5. The van der Waals surface area contributed by atoms with Gasteiger partial charge in [-0.25, -0.2) is 9.97 Å². The molecule has 2 rings (SSSR count). The molecule has 0 amide bonds. The summed E-state index contributed by atoms with van der Waals surface area (Å²) >= 11 is 0. The average molecular weight is 256 g/mol. The molecule has 2 aromatic heterocycles. The molecular weight excluding hydrogens is 236 g/mol. The number of nitrogens with zero attached hydrogens (tertiary/aromatic N) is 3. The Morgan fingerprint density at radius 2 is 1.95 bits per heavy atom. The van der Waals surface area contributed by atoms with Crippen molar-refractivity contribution in [3.63, 3.8) is 0 Å². The zero-order valence-electron chi connectivity index (χ0n) is 12.0. The molecule has 0 bridgehead atoms. The second kappa shape index (κ2) is 5.78.